The Morgan fingerprint density at radius 3 is 2.54 bits per heavy atom. The van der Waals surface area contributed by atoms with Crippen molar-refractivity contribution in [2.75, 3.05) is 5.32 Å². The molecule has 1 saturated carbocycles. The van der Waals surface area contributed by atoms with Gasteiger partial charge in [-0.25, -0.2) is 0 Å². The van der Waals surface area contributed by atoms with Crippen molar-refractivity contribution in [1.29, 1.82) is 0 Å². The van der Waals surface area contributed by atoms with E-state index in [1.807, 2.05) is 43.3 Å². The first-order chi connectivity index (χ1) is 12.5. The van der Waals surface area contributed by atoms with E-state index in [0.717, 1.165) is 16.7 Å². The van der Waals surface area contributed by atoms with Crippen LogP contribution in [0.4, 0.5) is 5.69 Å². The first-order valence-electron chi connectivity index (χ1n) is 8.01. The van der Waals surface area contributed by atoms with E-state index in [9.17, 15) is 14.7 Å². The number of aromatic amines is 1. The van der Waals surface area contributed by atoms with E-state index in [2.05, 4.69) is 25.9 Å². The summed E-state index contributed by atoms with van der Waals surface area (Å²) < 4.78 is 0. The number of carbonyl (C=O) groups is 2. The summed E-state index contributed by atoms with van der Waals surface area (Å²) in [7, 11) is 0. The van der Waals surface area contributed by atoms with E-state index >= 15 is 0 Å². The van der Waals surface area contributed by atoms with Crippen molar-refractivity contribution < 1.29 is 14.7 Å². The van der Waals surface area contributed by atoms with Crippen molar-refractivity contribution >= 4 is 17.3 Å². The second kappa shape index (κ2) is 6.16. The Labute approximate surface area is 148 Å². The summed E-state index contributed by atoms with van der Waals surface area (Å²) in [6, 6.07) is 12.5. The summed E-state index contributed by atoms with van der Waals surface area (Å²) in [5, 5.41) is 26.6. The zero-order valence-electron chi connectivity index (χ0n) is 13.8. The summed E-state index contributed by atoms with van der Waals surface area (Å²) >= 11 is 0. The van der Waals surface area contributed by atoms with Gasteiger partial charge in [-0.2, -0.15) is 5.21 Å². The molecule has 4 rings (SSSR count). The second-order valence-corrected chi connectivity index (χ2v) is 6.20. The number of carbonyl (C=O) groups excluding carboxylic acids is 2. The maximum atomic E-state index is 11.7. The fourth-order valence-electron chi connectivity index (χ4n) is 2.94. The summed E-state index contributed by atoms with van der Waals surface area (Å²) in [6.45, 7) is 2.00. The van der Waals surface area contributed by atoms with E-state index in [-0.39, 0.29) is 0 Å². The normalized spacial score (nSPS) is 19.3. The molecule has 0 saturated heterocycles. The number of ketones is 2. The quantitative estimate of drug-likeness (QED) is 0.604. The molecule has 0 spiro atoms. The standard InChI is InChI=1S/C18H15N5O3/c1-9-3-2-4-10(5-9)11-6-12(18-20-22-23-21-18)8-13(7-11)19-14-15(24)17(26)16(14)25/h2-8,14-15,19,24H,1H3,(H,20,21,22,23). The lowest BCUT2D eigenvalue weighted by Crippen LogP contribution is -2.61. The molecule has 1 aromatic heterocycles. The van der Waals surface area contributed by atoms with Crippen LogP contribution in [-0.4, -0.2) is 49.4 Å². The number of aliphatic hydroxyl groups is 1. The fraction of sp³-hybridized carbons (Fsp3) is 0.167. The number of Topliss-reactive ketones (excluding diaryl/α,β-unsaturated/α-hetero) is 2. The smallest absolute Gasteiger partial charge is 0.231 e. The van der Waals surface area contributed by atoms with Crippen molar-refractivity contribution in [2.45, 2.75) is 19.1 Å². The maximum Gasteiger partial charge on any atom is 0.231 e. The molecule has 26 heavy (non-hydrogen) atoms. The number of nitrogens with zero attached hydrogens (tertiary/aromatic N) is 3. The van der Waals surface area contributed by atoms with Gasteiger partial charge < -0.3 is 10.4 Å². The minimum absolute atomic E-state index is 0.402. The first kappa shape index (κ1) is 16.1. The van der Waals surface area contributed by atoms with Gasteiger partial charge in [0.2, 0.25) is 17.4 Å². The van der Waals surface area contributed by atoms with Crippen LogP contribution in [0.1, 0.15) is 5.56 Å². The monoisotopic (exact) mass is 349 g/mol. The molecule has 1 fully saturated rings. The number of tetrazole rings is 1. The third-order valence-electron chi connectivity index (χ3n) is 4.32. The molecule has 1 heterocycles. The number of aromatic nitrogens is 4. The van der Waals surface area contributed by atoms with Gasteiger partial charge in [0, 0.05) is 11.3 Å². The number of benzene rings is 2. The molecule has 0 bridgehead atoms. The molecule has 130 valence electrons. The predicted octanol–water partition coefficient (Wildman–Crippen LogP) is 1.14. The van der Waals surface area contributed by atoms with E-state index < -0.39 is 23.7 Å². The van der Waals surface area contributed by atoms with Crippen LogP contribution in [0.2, 0.25) is 0 Å². The molecule has 3 aromatic rings. The molecule has 2 unspecified atom stereocenters. The van der Waals surface area contributed by atoms with E-state index in [1.165, 1.54) is 0 Å². The molecular weight excluding hydrogens is 334 g/mol. The van der Waals surface area contributed by atoms with Crippen molar-refractivity contribution in [3.63, 3.8) is 0 Å². The van der Waals surface area contributed by atoms with Crippen LogP contribution in [0.25, 0.3) is 22.5 Å². The summed E-state index contributed by atoms with van der Waals surface area (Å²) in [6.07, 6.45) is -1.32. The minimum Gasteiger partial charge on any atom is -0.382 e. The SMILES string of the molecule is Cc1cccc(-c2cc(NC3C(=O)C(=O)C3O)cc(-c3nn[nH]n3)c2)c1. The molecule has 2 atom stereocenters. The number of hydrogen-bond donors (Lipinski definition) is 3. The van der Waals surface area contributed by atoms with Gasteiger partial charge in [-0.05, 0) is 41.5 Å². The third-order valence-corrected chi connectivity index (χ3v) is 4.32. The zero-order chi connectivity index (χ0) is 18.3. The lowest BCUT2D eigenvalue weighted by atomic mass is 9.85. The van der Waals surface area contributed by atoms with E-state index in [1.54, 1.807) is 6.07 Å². The van der Waals surface area contributed by atoms with Crippen LogP contribution in [0.15, 0.2) is 42.5 Å². The van der Waals surface area contributed by atoms with Gasteiger partial charge in [0.15, 0.2) is 0 Å². The molecule has 0 radical (unpaired) electrons. The first-order valence-corrected chi connectivity index (χ1v) is 8.01. The lowest BCUT2D eigenvalue weighted by molar-refractivity contribution is -0.152. The molecule has 2 aromatic carbocycles. The molecule has 1 aliphatic rings. The minimum atomic E-state index is -1.32. The van der Waals surface area contributed by atoms with Crippen molar-refractivity contribution in [1.82, 2.24) is 20.6 Å². The van der Waals surface area contributed by atoms with Crippen molar-refractivity contribution in [2.24, 2.45) is 0 Å². The molecule has 1 aliphatic carbocycles. The second-order valence-electron chi connectivity index (χ2n) is 6.20. The van der Waals surface area contributed by atoms with Crippen LogP contribution in [0.5, 0.6) is 0 Å². The van der Waals surface area contributed by atoms with Gasteiger partial charge in [0.25, 0.3) is 0 Å². The number of anilines is 1. The number of nitrogens with one attached hydrogen (secondary N) is 2. The highest BCUT2D eigenvalue weighted by molar-refractivity contribution is 6.49. The third kappa shape index (κ3) is 2.76. The van der Waals surface area contributed by atoms with Crippen LogP contribution in [-0.2, 0) is 9.59 Å². The number of H-pyrrole nitrogens is 1. The molecule has 8 nitrogen and oxygen atoms in total. The fourth-order valence-corrected chi connectivity index (χ4v) is 2.94. The summed E-state index contributed by atoms with van der Waals surface area (Å²) in [5.41, 5.74) is 4.24. The Morgan fingerprint density at radius 1 is 1.04 bits per heavy atom. The molecule has 3 N–H and O–H groups in total. The number of rotatable bonds is 4. The van der Waals surface area contributed by atoms with Gasteiger partial charge in [-0.1, -0.05) is 29.8 Å². The van der Waals surface area contributed by atoms with Gasteiger partial charge >= 0.3 is 0 Å². The van der Waals surface area contributed by atoms with Crippen LogP contribution >= 0.6 is 0 Å². The number of aliphatic hydroxyl groups excluding tert-OH is 1. The van der Waals surface area contributed by atoms with Crippen LogP contribution in [0, 0.1) is 6.92 Å². The Balaban J connectivity index is 1.76. The van der Waals surface area contributed by atoms with Gasteiger partial charge in [0.05, 0.1) is 0 Å². The molecule has 8 heteroatoms. The largest absolute Gasteiger partial charge is 0.382 e. The highest BCUT2D eigenvalue weighted by Crippen LogP contribution is 2.30. The van der Waals surface area contributed by atoms with Gasteiger partial charge in [0.1, 0.15) is 12.1 Å². The number of hydrogen-bond acceptors (Lipinski definition) is 7. The average Bonchev–Trinajstić information content (AvgIpc) is 3.20. The maximum absolute atomic E-state index is 11.7. The van der Waals surface area contributed by atoms with Crippen LogP contribution in [0.3, 0.4) is 0 Å². The van der Waals surface area contributed by atoms with Crippen LogP contribution < -0.4 is 5.32 Å². The Bertz CT molecular complexity index is 1000. The Kier molecular flexibility index (Phi) is 3.81. The van der Waals surface area contributed by atoms with E-state index in [4.69, 9.17) is 0 Å². The molecular formula is C18H15N5O3. The molecule has 0 aliphatic heterocycles. The van der Waals surface area contributed by atoms with Gasteiger partial charge in [-0.3, -0.25) is 9.59 Å². The van der Waals surface area contributed by atoms with Crippen molar-refractivity contribution in [3.05, 3.63) is 48.0 Å². The van der Waals surface area contributed by atoms with E-state index in [0.29, 0.717) is 17.1 Å². The highest BCUT2D eigenvalue weighted by atomic mass is 16.3. The van der Waals surface area contributed by atoms with Crippen molar-refractivity contribution in [3.8, 4) is 22.5 Å². The highest BCUT2D eigenvalue weighted by Gasteiger charge is 2.48. The zero-order valence-corrected chi connectivity index (χ0v) is 13.8. The predicted molar refractivity (Wildman–Crippen MR) is 93.2 cm³/mol. The average molecular weight is 349 g/mol. The Morgan fingerprint density at radius 2 is 1.85 bits per heavy atom. The number of aryl methyl sites for hydroxylation is 1. The summed E-state index contributed by atoms with van der Waals surface area (Å²) in [4.78, 5) is 22.9. The molecule has 0 amide bonds. The lowest BCUT2D eigenvalue weighted by Gasteiger charge is -2.30. The topological polar surface area (TPSA) is 121 Å². The summed E-state index contributed by atoms with van der Waals surface area (Å²) in [5.74, 6) is -0.991. The Hall–Kier alpha value is -3.39. The van der Waals surface area contributed by atoms with Gasteiger partial charge in [-0.15, -0.1) is 10.2 Å².